The lowest BCUT2D eigenvalue weighted by molar-refractivity contribution is 0.300. The Hall–Kier alpha value is -0.960. The van der Waals surface area contributed by atoms with Gasteiger partial charge in [-0.05, 0) is 19.1 Å². The minimum Gasteiger partial charge on any atom is -0.374 e. The summed E-state index contributed by atoms with van der Waals surface area (Å²) in [4.78, 5) is 4.73. The highest BCUT2D eigenvalue weighted by atomic mass is 15.2. The van der Waals surface area contributed by atoms with Gasteiger partial charge >= 0.3 is 0 Å². The molecule has 2 aliphatic rings. The molecular formula is C11H19N3. The van der Waals surface area contributed by atoms with Crippen molar-refractivity contribution in [3.05, 3.63) is 23.5 Å². The number of allylic oxidation sites excluding steroid dienone is 2. The van der Waals surface area contributed by atoms with Crippen molar-refractivity contribution < 1.29 is 0 Å². The second kappa shape index (κ2) is 4.05. The van der Waals surface area contributed by atoms with Crippen molar-refractivity contribution in [3.63, 3.8) is 0 Å². The van der Waals surface area contributed by atoms with Crippen LogP contribution in [0, 0.1) is 0 Å². The Morgan fingerprint density at radius 1 is 1.29 bits per heavy atom. The number of nitrogens with zero attached hydrogens (tertiary/aromatic N) is 2. The van der Waals surface area contributed by atoms with Gasteiger partial charge in [0.2, 0.25) is 0 Å². The highest BCUT2D eigenvalue weighted by Gasteiger charge is 2.14. The van der Waals surface area contributed by atoms with Crippen LogP contribution in [0.3, 0.4) is 0 Å². The molecule has 14 heavy (non-hydrogen) atoms. The molecule has 3 nitrogen and oxygen atoms in total. The number of hydrogen-bond acceptors (Lipinski definition) is 3. The molecule has 0 atom stereocenters. The molecule has 0 aromatic carbocycles. The van der Waals surface area contributed by atoms with Crippen molar-refractivity contribution in [2.24, 2.45) is 0 Å². The molecule has 78 valence electrons. The summed E-state index contributed by atoms with van der Waals surface area (Å²) in [6.45, 7) is 7.72. The minimum absolute atomic E-state index is 1.04. The van der Waals surface area contributed by atoms with Crippen molar-refractivity contribution in [2.75, 3.05) is 39.8 Å². The quantitative estimate of drug-likeness (QED) is 0.659. The third-order valence-corrected chi connectivity index (χ3v) is 3.02. The van der Waals surface area contributed by atoms with Gasteiger partial charge in [0.15, 0.2) is 0 Å². The summed E-state index contributed by atoms with van der Waals surface area (Å²) < 4.78 is 0. The van der Waals surface area contributed by atoms with Crippen molar-refractivity contribution >= 4 is 0 Å². The molecule has 0 spiro atoms. The van der Waals surface area contributed by atoms with Crippen LogP contribution in [0.5, 0.6) is 0 Å². The van der Waals surface area contributed by atoms with E-state index in [1.165, 1.54) is 11.4 Å². The Bertz CT molecular complexity index is 262. The van der Waals surface area contributed by atoms with Crippen molar-refractivity contribution in [3.8, 4) is 0 Å². The van der Waals surface area contributed by atoms with Gasteiger partial charge in [-0.1, -0.05) is 0 Å². The van der Waals surface area contributed by atoms with Crippen LogP contribution >= 0.6 is 0 Å². The second-order valence-corrected chi connectivity index (χ2v) is 4.03. The van der Waals surface area contributed by atoms with E-state index in [2.05, 4.69) is 41.2 Å². The van der Waals surface area contributed by atoms with E-state index in [0.717, 1.165) is 32.7 Å². The fraction of sp³-hybridized carbons (Fsp3) is 0.636. The standard InChI is InChI=1S/C11H19N3/c1-10-9-11(3-6-13(10)2)14-7-4-12-5-8-14/h3,9,12H,4-8H2,1-2H3. The van der Waals surface area contributed by atoms with Gasteiger partial charge in [0.05, 0.1) is 0 Å². The topological polar surface area (TPSA) is 18.5 Å². The van der Waals surface area contributed by atoms with Gasteiger partial charge in [-0.25, -0.2) is 0 Å². The van der Waals surface area contributed by atoms with E-state index in [1.54, 1.807) is 0 Å². The molecule has 0 aliphatic carbocycles. The molecule has 2 aliphatic heterocycles. The van der Waals surface area contributed by atoms with E-state index in [0.29, 0.717) is 0 Å². The smallest absolute Gasteiger partial charge is 0.0376 e. The molecule has 1 saturated heterocycles. The van der Waals surface area contributed by atoms with E-state index in [9.17, 15) is 0 Å². The maximum absolute atomic E-state index is 3.37. The molecule has 0 bridgehead atoms. The predicted octanol–water partition coefficient (Wildman–Crippen LogP) is 0.625. The maximum Gasteiger partial charge on any atom is 0.0376 e. The van der Waals surface area contributed by atoms with Gasteiger partial charge in [-0.3, -0.25) is 0 Å². The van der Waals surface area contributed by atoms with E-state index in [-0.39, 0.29) is 0 Å². The molecule has 1 N–H and O–H groups in total. The monoisotopic (exact) mass is 193 g/mol. The molecule has 2 rings (SSSR count). The summed E-state index contributed by atoms with van der Waals surface area (Å²) in [7, 11) is 2.14. The molecule has 0 unspecified atom stereocenters. The first kappa shape index (κ1) is 9.59. The summed E-state index contributed by atoms with van der Waals surface area (Å²) >= 11 is 0. The number of rotatable bonds is 1. The highest BCUT2D eigenvalue weighted by Crippen LogP contribution is 2.16. The lowest BCUT2D eigenvalue weighted by Gasteiger charge is -2.33. The van der Waals surface area contributed by atoms with Crippen LogP contribution in [0.15, 0.2) is 23.5 Å². The Labute approximate surface area is 86.1 Å². The van der Waals surface area contributed by atoms with E-state index >= 15 is 0 Å². The Morgan fingerprint density at radius 3 is 2.64 bits per heavy atom. The zero-order valence-electron chi connectivity index (χ0n) is 9.08. The van der Waals surface area contributed by atoms with Crippen molar-refractivity contribution in [1.82, 2.24) is 15.1 Å². The Balaban J connectivity index is 2.04. The summed E-state index contributed by atoms with van der Waals surface area (Å²) in [5, 5.41) is 3.37. The fourth-order valence-corrected chi connectivity index (χ4v) is 1.90. The van der Waals surface area contributed by atoms with Crippen LogP contribution in [0.4, 0.5) is 0 Å². The van der Waals surface area contributed by atoms with E-state index < -0.39 is 0 Å². The molecule has 0 saturated carbocycles. The van der Waals surface area contributed by atoms with Gasteiger partial charge in [-0.15, -0.1) is 0 Å². The number of hydrogen-bond donors (Lipinski definition) is 1. The molecule has 0 aromatic rings. The summed E-state index contributed by atoms with van der Waals surface area (Å²) in [5.74, 6) is 0. The predicted molar refractivity (Wildman–Crippen MR) is 58.9 cm³/mol. The minimum atomic E-state index is 1.04. The summed E-state index contributed by atoms with van der Waals surface area (Å²) in [5.41, 5.74) is 2.77. The maximum atomic E-state index is 3.37. The summed E-state index contributed by atoms with van der Waals surface area (Å²) in [6, 6.07) is 0. The fourth-order valence-electron chi connectivity index (χ4n) is 1.90. The number of piperazine rings is 1. The average Bonchev–Trinajstić information content (AvgIpc) is 2.23. The molecular weight excluding hydrogens is 174 g/mol. The van der Waals surface area contributed by atoms with Crippen molar-refractivity contribution in [2.45, 2.75) is 6.92 Å². The molecule has 3 heteroatoms. The lowest BCUT2D eigenvalue weighted by Crippen LogP contribution is -2.43. The van der Waals surface area contributed by atoms with Gasteiger partial charge < -0.3 is 15.1 Å². The third kappa shape index (κ3) is 1.93. The SMILES string of the molecule is CC1=CC(N2CCNCC2)=CCN1C. The zero-order valence-corrected chi connectivity index (χ0v) is 9.08. The first-order chi connectivity index (χ1) is 6.77. The Morgan fingerprint density at radius 2 is 2.00 bits per heavy atom. The van der Waals surface area contributed by atoms with Gasteiger partial charge in [0, 0.05) is 51.2 Å². The summed E-state index contributed by atoms with van der Waals surface area (Å²) in [6.07, 6.45) is 4.60. The van der Waals surface area contributed by atoms with E-state index in [4.69, 9.17) is 0 Å². The van der Waals surface area contributed by atoms with Crippen LogP contribution in [0.2, 0.25) is 0 Å². The van der Waals surface area contributed by atoms with Gasteiger partial charge in [0.1, 0.15) is 0 Å². The van der Waals surface area contributed by atoms with Gasteiger partial charge in [-0.2, -0.15) is 0 Å². The van der Waals surface area contributed by atoms with Crippen LogP contribution in [0.25, 0.3) is 0 Å². The normalized spacial score (nSPS) is 23.3. The number of likely N-dealkylation sites (N-methyl/N-ethyl adjacent to an activating group) is 1. The highest BCUT2D eigenvalue weighted by molar-refractivity contribution is 5.26. The lowest BCUT2D eigenvalue weighted by atomic mass is 10.2. The third-order valence-electron chi connectivity index (χ3n) is 3.02. The van der Waals surface area contributed by atoms with Crippen LogP contribution in [-0.4, -0.2) is 49.6 Å². The first-order valence-electron chi connectivity index (χ1n) is 5.32. The zero-order chi connectivity index (χ0) is 9.97. The second-order valence-electron chi connectivity index (χ2n) is 4.03. The molecule has 0 radical (unpaired) electrons. The van der Waals surface area contributed by atoms with Crippen LogP contribution in [0.1, 0.15) is 6.92 Å². The molecule has 0 aromatic heterocycles. The van der Waals surface area contributed by atoms with Crippen molar-refractivity contribution in [1.29, 1.82) is 0 Å². The average molecular weight is 193 g/mol. The largest absolute Gasteiger partial charge is 0.374 e. The van der Waals surface area contributed by atoms with Crippen LogP contribution in [-0.2, 0) is 0 Å². The van der Waals surface area contributed by atoms with Gasteiger partial charge in [0.25, 0.3) is 0 Å². The molecule has 0 amide bonds. The number of nitrogens with one attached hydrogen (secondary N) is 1. The van der Waals surface area contributed by atoms with E-state index in [1.807, 2.05) is 0 Å². The Kier molecular flexibility index (Phi) is 2.77. The molecule has 2 heterocycles. The molecule has 1 fully saturated rings. The first-order valence-corrected chi connectivity index (χ1v) is 5.32. The van der Waals surface area contributed by atoms with Crippen LogP contribution < -0.4 is 5.32 Å².